The quantitative estimate of drug-likeness (QED) is 0.208. The van der Waals surface area contributed by atoms with Gasteiger partial charge in [-0.25, -0.2) is 4.98 Å². The highest BCUT2D eigenvalue weighted by Gasteiger charge is 2.04. The highest BCUT2D eigenvalue weighted by molar-refractivity contribution is 14.0. The molecule has 3 N–H and O–H groups in total. The van der Waals surface area contributed by atoms with E-state index < -0.39 is 0 Å². The van der Waals surface area contributed by atoms with Crippen molar-refractivity contribution in [3.8, 4) is 0 Å². The predicted molar refractivity (Wildman–Crippen MR) is 119 cm³/mol. The first kappa shape index (κ1) is 24.0. The molecule has 25 heavy (non-hydrogen) atoms. The van der Waals surface area contributed by atoms with E-state index in [0.29, 0.717) is 18.8 Å². The molecule has 1 rings (SSSR count). The number of nitrogens with one attached hydrogen (secondary N) is 3. The van der Waals surface area contributed by atoms with Gasteiger partial charge in [0.25, 0.3) is 0 Å². The first-order valence-corrected chi connectivity index (χ1v) is 9.79. The fourth-order valence-electron chi connectivity index (χ4n) is 2.00. The molecular weight excluding hydrogens is 449 g/mol. The Morgan fingerprint density at radius 3 is 2.76 bits per heavy atom. The van der Waals surface area contributed by atoms with E-state index in [1.807, 2.05) is 37.7 Å². The summed E-state index contributed by atoms with van der Waals surface area (Å²) in [5.74, 6) is 2.47. The van der Waals surface area contributed by atoms with Crippen LogP contribution in [0.2, 0.25) is 0 Å². The molecule has 8 heteroatoms. The molecule has 0 spiro atoms. The molecule has 0 radical (unpaired) electrons. The zero-order chi connectivity index (χ0) is 17.6. The molecule has 1 heterocycles. The van der Waals surface area contributed by atoms with E-state index in [9.17, 15) is 4.79 Å². The Morgan fingerprint density at radius 2 is 2.08 bits per heavy atom. The summed E-state index contributed by atoms with van der Waals surface area (Å²) in [4.78, 5) is 20.7. The summed E-state index contributed by atoms with van der Waals surface area (Å²) < 4.78 is 0. The van der Waals surface area contributed by atoms with Crippen molar-refractivity contribution in [1.29, 1.82) is 0 Å². The van der Waals surface area contributed by atoms with Crippen LogP contribution in [0.15, 0.2) is 23.2 Å². The van der Waals surface area contributed by atoms with Crippen molar-refractivity contribution in [3.63, 3.8) is 0 Å². The minimum Gasteiger partial charge on any atom is -0.357 e. The van der Waals surface area contributed by atoms with Gasteiger partial charge in [0, 0.05) is 31.7 Å². The monoisotopic (exact) mass is 479 g/mol. The topological polar surface area (TPSA) is 78.4 Å². The number of aryl methyl sites for hydroxylation is 1. The van der Waals surface area contributed by atoms with Crippen LogP contribution in [-0.4, -0.2) is 48.5 Å². The molecule has 6 nitrogen and oxygen atoms in total. The van der Waals surface area contributed by atoms with Crippen LogP contribution in [-0.2, 0) is 4.79 Å². The number of hydrogen-bond acceptors (Lipinski definition) is 4. The maximum absolute atomic E-state index is 11.9. The number of pyridine rings is 1. The van der Waals surface area contributed by atoms with E-state index in [-0.39, 0.29) is 29.9 Å². The number of thioether (sulfide) groups is 1. The van der Waals surface area contributed by atoms with Gasteiger partial charge in [0.1, 0.15) is 5.82 Å². The largest absolute Gasteiger partial charge is 0.357 e. The van der Waals surface area contributed by atoms with Gasteiger partial charge in [0.2, 0.25) is 5.91 Å². The smallest absolute Gasteiger partial charge is 0.227 e. The van der Waals surface area contributed by atoms with E-state index in [0.717, 1.165) is 31.2 Å². The van der Waals surface area contributed by atoms with Crippen molar-refractivity contribution in [3.05, 3.63) is 23.9 Å². The van der Waals surface area contributed by atoms with Crippen molar-refractivity contribution >= 4 is 53.4 Å². The molecule has 0 saturated carbocycles. The summed E-state index contributed by atoms with van der Waals surface area (Å²) in [5, 5.41) is 9.19. The van der Waals surface area contributed by atoms with E-state index in [1.165, 1.54) is 12.2 Å². The van der Waals surface area contributed by atoms with Crippen LogP contribution in [0.25, 0.3) is 0 Å². The van der Waals surface area contributed by atoms with Gasteiger partial charge in [0.05, 0.1) is 0 Å². The second kappa shape index (κ2) is 15.2. The molecule has 0 aliphatic heterocycles. The molecule has 0 aromatic carbocycles. The lowest BCUT2D eigenvalue weighted by atomic mass is 10.3. The number of aromatic nitrogens is 1. The van der Waals surface area contributed by atoms with Gasteiger partial charge in [-0.1, -0.05) is 6.07 Å². The zero-order valence-corrected chi connectivity index (χ0v) is 18.4. The van der Waals surface area contributed by atoms with Crippen LogP contribution >= 0.6 is 35.7 Å². The highest BCUT2D eigenvalue weighted by Crippen LogP contribution is 2.04. The number of aliphatic imine (C=N–C) groups is 1. The van der Waals surface area contributed by atoms with E-state index in [4.69, 9.17) is 0 Å². The van der Waals surface area contributed by atoms with Crippen LogP contribution in [0.4, 0.5) is 5.82 Å². The number of rotatable bonds is 10. The second-order valence-corrected chi connectivity index (χ2v) is 6.34. The number of carbonyl (C=O) groups excluding carboxylic acids is 1. The van der Waals surface area contributed by atoms with E-state index in [2.05, 4.69) is 32.2 Å². The van der Waals surface area contributed by atoms with Crippen LogP contribution in [0.5, 0.6) is 0 Å². The van der Waals surface area contributed by atoms with Gasteiger partial charge >= 0.3 is 0 Å². The van der Waals surface area contributed by atoms with E-state index >= 15 is 0 Å². The number of nitrogens with zero attached hydrogens (tertiary/aromatic N) is 2. The number of halogens is 1. The maximum atomic E-state index is 11.9. The predicted octanol–water partition coefficient (Wildman–Crippen LogP) is 3.03. The van der Waals surface area contributed by atoms with Crippen LogP contribution < -0.4 is 16.0 Å². The minimum atomic E-state index is -0.0589. The summed E-state index contributed by atoms with van der Waals surface area (Å²) in [7, 11) is 0. The number of unbranched alkanes of at least 4 members (excludes halogenated alkanes) is 1. The van der Waals surface area contributed by atoms with Gasteiger partial charge in [-0.15, -0.1) is 24.0 Å². The molecule has 0 unspecified atom stereocenters. The van der Waals surface area contributed by atoms with Crippen LogP contribution in [0.1, 0.15) is 31.9 Å². The number of carbonyl (C=O) groups is 1. The Labute approximate surface area is 172 Å². The first-order valence-electron chi connectivity index (χ1n) is 8.40. The summed E-state index contributed by atoms with van der Waals surface area (Å²) >= 11 is 1.86. The van der Waals surface area contributed by atoms with Crippen LogP contribution in [0.3, 0.4) is 0 Å². The van der Waals surface area contributed by atoms with Crippen LogP contribution in [0, 0.1) is 6.92 Å². The third-order valence-electron chi connectivity index (χ3n) is 3.17. The first-order chi connectivity index (χ1) is 11.7. The van der Waals surface area contributed by atoms with Gasteiger partial charge in [-0.2, -0.15) is 11.8 Å². The lowest BCUT2D eigenvalue weighted by molar-refractivity contribution is -0.116. The Bertz CT molecular complexity index is 528. The Balaban J connectivity index is 0.00000576. The van der Waals surface area contributed by atoms with Gasteiger partial charge in [-0.05, 0) is 50.8 Å². The third kappa shape index (κ3) is 12.0. The Kier molecular flexibility index (Phi) is 14.6. The fourth-order valence-corrected chi connectivity index (χ4v) is 2.50. The number of guanidine groups is 1. The summed E-state index contributed by atoms with van der Waals surface area (Å²) in [5.41, 5.74) is 0.883. The SMILES string of the molecule is CCNC(=NCCCCSC)NCCC(=O)Nc1cccc(C)n1.I. The normalized spacial score (nSPS) is 10.8. The molecule has 0 fully saturated rings. The summed E-state index contributed by atoms with van der Waals surface area (Å²) in [6.45, 7) is 6.07. The van der Waals surface area contributed by atoms with Crippen molar-refractivity contribution in [2.45, 2.75) is 33.1 Å². The molecule has 0 saturated heterocycles. The summed E-state index contributed by atoms with van der Waals surface area (Å²) in [6.07, 6.45) is 4.74. The average molecular weight is 479 g/mol. The zero-order valence-electron chi connectivity index (χ0n) is 15.3. The Hall–Kier alpha value is -1.03. The highest BCUT2D eigenvalue weighted by atomic mass is 127. The van der Waals surface area contributed by atoms with Crippen molar-refractivity contribution in [2.24, 2.45) is 4.99 Å². The third-order valence-corrected chi connectivity index (χ3v) is 3.87. The molecule has 0 atom stereocenters. The molecule has 0 aliphatic rings. The molecule has 1 amide bonds. The average Bonchev–Trinajstić information content (AvgIpc) is 2.54. The minimum absolute atomic E-state index is 0. The lowest BCUT2D eigenvalue weighted by Crippen LogP contribution is -2.38. The van der Waals surface area contributed by atoms with Gasteiger partial charge in [-0.3, -0.25) is 9.79 Å². The van der Waals surface area contributed by atoms with Crippen molar-refractivity contribution < 1.29 is 4.79 Å². The molecule has 1 aromatic rings. The molecule has 0 bridgehead atoms. The molecule has 142 valence electrons. The van der Waals surface area contributed by atoms with Gasteiger partial charge in [0.15, 0.2) is 5.96 Å². The van der Waals surface area contributed by atoms with Gasteiger partial charge < -0.3 is 16.0 Å². The molecular formula is C17H30IN5OS. The second-order valence-electron chi connectivity index (χ2n) is 5.35. The standard InChI is InChI=1S/C17H29N5OS.HI/c1-4-18-17(19-11-5-6-13-24-3)20-12-10-16(23)22-15-9-7-8-14(2)21-15;/h7-9H,4-6,10-13H2,1-3H3,(H2,18,19,20)(H,21,22,23);1H. The number of amides is 1. The Morgan fingerprint density at radius 1 is 1.28 bits per heavy atom. The van der Waals surface area contributed by atoms with Crippen molar-refractivity contribution in [1.82, 2.24) is 15.6 Å². The molecule has 1 aromatic heterocycles. The fraction of sp³-hybridized carbons (Fsp3) is 0.588. The lowest BCUT2D eigenvalue weighted by Gasteiger charge is -2.11. The molecule has 0 aliphatic carbocycles. The maximum Gasteiger partial charge on any atom is 0.227 e. The van der Waals surface area contributed by atoms with Crippen molar-refractivity contribution in [2.75, 3.05) is 37.0 Å². The van der Waals surface area contributed by atoms with E-state index in [1.54, 1.807) is 6.07 Å². The number of hydrogen-bond donors (Lipinski definition) is 3. The summed E-state index contributed by atoms with van der Waals surface area (Å²) in [6, 6.07) is 5.57. The number of anilines is 1.